The zero-order valence-electron chi connectivity index (χ0n) is 11.2. The molecule has 0 saturated carbocycles. The molecule has 21 heavy (non-hydrogen) atoms. The molecular weight excluding hydrogens is 314 g/mol. The number of nitrogens with one attached hydrogen (secondary N) is 1. The van der Waals surface area contributed by atoms with Gasteiger partial charge in [0.1, 0.15) is 0 Å². The van der Waals surface area contributed by atoms with Crippen molar-refractivity contribution in [2.24, 2.45) is 0 Å². The van der Waals surface area contributed by atoms with Crippen LogP contribution in [0, 0.1) is 11.3 Å². The minimum Gasteiger partial charge on any atom is -0.371 e. The molecule has 1 fully saturated rings. The molecule has 0 aromatic carbocycles. The van der Waals surface area contributed by atoms with Crippen molar-refractivity contribution in [1.82, 2.24) is 13.7 Å². The van der Waals surface area contributed by atoms with Crippen molar-refractivity contribution in [3.63, 3.8) is 0 Å². The Morgan fingerprint density at radius 3 is 3.14 bits per heavy atom. The third-order valence-corrected chi connectivity index (χ3v) is 5.86. The molecule has 0 bridgehead atoms. The summed E-state index contributed by atoms with van der Waals surface area (Å²) in [5.41, 5.74) is 0. The molecule has 3 rings (SSSR count). The Labute approximate surface area is 125 Å². The lowest BCUT2D eigenvalue weighted by molar-refractivity contribution is 0.0310. The minimum atomic E-state index is -3.75. The van der Waals surface area contributed by atoms with Gasteiger partial charge in [-0.2, -0.15) is 9.57 Å². The van der Waals surface area contributed by atoms with Gasteiger partial charge < -0.3 is 10.1 Å². The van der Waals surface area contributed by atoms with Gasteiger partial charge in [0.15, 0.2) is 21.9 Å². The van der Waals surface area contributed by atoms with Crippen molar-refractivity contribution in [2.75, 3.05) is 32.1 Å². The molecule has 1 unspecified atom stereocenters. The first-order valence-electron chi connectivity index (χ1n) is 6.22. The summed E-state index contributed by atoms with van der Waals surface area (Å²) < 4.78 is 33.7. The lowest BCUT2D eigenvalue weighted by Crippen LogP contribution is -2.45. The van der Waals surface area contributed by atoms with Crippen molar-refractivity contribution < 1.29 is 13.2 Å². The van der Waals surface area contributed by atoms with Crippen LogP contribution in [0.4, 0.5) is 5.82 Å². The van der Waals surface area contributed by atoms with E-state index in [9.17, 15) is 8.42 Å². The highest BCUT2D eigenvalue weighted by molar-refractivity contribution is 7.89. The number of hydrogen-bond acceptors (Lipinski definition) is 7. The molecule has 112 valence electrons. The molecule has 0 aliphatic carbocycles. The summed E-state index contributed by atoms with van der Waals surface area (Å²) >= 11 is 1.36. The average molecular weight is 327 g/mol. The standard InChI is InChI=1S/C11H13N5O3S2/c1-13-9-10(16-3-5-20-11(16)14-9)21(17,18)15-2-4-19-8(6-12)7-15/h3,5,8,13H,2,4,7H2,1H3. The fourth-order valence-corrected chi connectivity index (χ4v) is 4.67. The molecular formula is C11H13N5O3S2. The monoisotopic (exact) mass is 327 g/mol. The number of fused-ring (bicyclic) bond motifs is 1. The molecule has 0 spiro atoms. The Hall–Kier alpha value is -1.67. The van der Waals surface area contributed by atoms with Crippen LogP contribution in [0.25, 0.3) is 4.96 Å². The number of hydrogen-bond donors (Lipinski definition) is 1. The van der Waals surface area contributed by atoms with Crippen molar-refractivity contribution in [2.45, 2.75) is 11.1 Å². The van der Waals surface area contributed by atoms with Gasteiger partial charge in [0.2, 0.25) is 0 Å². The van der Waals surface area contributed by atoms with E-state index in [2.05, 4.69) is 10.3 Å². The van der Waals surface area contributed by atoms with Gasteiger partial charge in [-0.15, -0.1) is 11.3 Å². The van der Waals surface area contributed by atoms with Gasteiger partial charge >= 0.3 is 0 Å². The summed E-state index contributed by atoms with van der Waals surface area (Å²) in [7, 11) is -2.13. The average Bonchev–Trinajstić information content (AvgIpc) is 3.06. The van der Waals surface area contributed by atoms with E-state index in [1.165, 1.54) is 15.6 Å². The lowest BCUT2D eigenvalue weighted by atomic mass is 10.3. The van der Waals surface area contributed by atoms with E-state index in [0.717, 1.165) is 0 Å². The summed E-state index contributed by atoms with van der Waals surface area (Å²) in [4.78, 5) is 4.86. The summed E-state index contributed by atoms with van der Waals surface area (Å²) in [5, 5.41) is 13.6. The predicted molar refractivity (Wildman–Crippen MR) is 76.7 cm³/mol. The second-order valence-electron chi connectivity index (χ2n) is 4.42. The molecule has 8 nitrogen and oxygen atoms in total. The summed E-state index contributed by atoms with van der Waals surface area (Å²) in [6, 6.07) is 1.95. The molecule has 1 atom stereocenters. The maximum Gasteiger partial charge on any atom is 0.263 e. The SMILES string of the molecule is CNc1nc2sccn2c1S(=O)(=O)N1CCOC(C#N)C1. The quantitative estimate of drug-likeness (QED) is 0.873. The number of rotatable bonds is 3. The third-order valence-electron chi connectivity index (χ3n) is 3.21. The molecule has 10 heteroatoms. The number of nitrogens with zero attached hydrogens (tertiary/aromatic N) is 4. The summed E-state index contributed by atoms with van der Waals surface area (Å²) in [6.07, 6.45) is 0.931. The number of sulfonamides is 1. The minimum absolute atomic E-state index is 0.0271. The van der Waals surface area contributed by atoms with E-state index < -0.39 is 16.1 Å². The maximum atomic E-state index is 12.9. The second-order valence-corrected chi connectivity index (χ2v) is 7.15. The molecule has 0 amide bonds. The van der Waals surface area contributed by atoms with Gasteiger partial charge in [-0.3, -0.25) is 4.40 Å². The van der Waals surface area contributed by atoms with Gasteiger partial charge in [-0.25, -0.2) is 13.4 Å². The van der Waals surface area contributed by atoms with Crippen molar-refractivity contribution in [3.05, 3.63) is 11.6 Å². The first-order chi connectivity index (χ1) is 10.1. The highest BCUT2D eigenvalue weighted by Gasteiger charge is 2.35. The second kappa shape index (κ2) is 5.27. The maximum absolute atomic E-state index is 12.9. The largest absolute Gasteiger partial charge is 0.371 e. The van der Waals surface area contributed by atoms with Crippen LogP contribution in [-0.4, -0.2) is 55.0 Å². The zero-order valence-corrected chi connectivity index (χ0v) is 12.8. The molecule has 2 aromatic heterocycles. The van der Waals surface area contributed by atoms with E-state index in [-0.39, 0.29) is 24.7 Å². The van der Waals surface area contributed by atoms with Crippen LogP contribution in [-0.2, 0) is 14.8 Å². The van der Waals surface area contributed by atoms with Crippen LogP contribution in [0.15, 0.2) is 16.6 Å². The Balaban J connectivity index is 2.07. The summed E-state index contributed by atoms with van der Waals surface area (Å²) in [6.45, 7) is 0.457. The van der Waals surface area contributed by atoms with E-state index in [1.54, 1.807) is 23.0 Å². The molecule has 3 heterocycles. The molecule has 1 aliphatic heterocycles. The smallest absolute Gasteiger partial charge is 0.263 e. The van der Waals surface area contributed by atoms with Crippen LogP contribution in [0.5, 0.6) is 0 Å². The molecule has 1 N–H and O–H groups in total. The number of thiazole rings is 1. The van der Waals surface area contributed by atoms with Crippen LogP contribution < -0.4 is 5.32 Å². The topological polar surface area (TPSA) is 99.7 Å². The van der Waals surface area contributed by atoms with Crippen molar-refractivity contribution in [3.8, 4) is 6.07 Å². The van der Waals surface area contributed by atoms with Crippen molar-refractivity contribution >= 4 is 32.1 Å². The first kappa shape index (κ1) is 14.3. The van der Waals surface area contributed by atoms with Gasteiger partial charge in [0.25, 0.3) is 10.0 Å². The normalized spacial score (nSPS) is 20.5. The highest BCUT2D eigenvalue weighted by atomic mass is 32.2. The number of aromatic nitrogens is 2. The molecule has 1 saturated heterocycles. The molecule has 1 aliphatic rings. The van der Waals surface area contributed by atoms with Gasteiger partial charge in [0, 0.05) is 25.2 Å². The van der Waals surface area contributed by atoms with E-state index in [0.29, 0.717) is 10.8 Å². The molecule has 0 radical (unpaired) electrons. The third kappa shape index (κ3) is 2.28. The number of morpholine rings is 1. The number of imidazole rings is 1. The van der Waals surface area contributed by atoms with Crippen LogP contribution in [0.2, 0.25) is 0 Å². The Morgan fingerprint density at radius 1 is 1.62 bits per heavy atom. The Morgan fingerprint density at radius 2 is 2.43 bits per heavy atom. The Bertz CT molecular complexity index is 804. The van der Waals surface area contributed by atoms with E-state index >= 15 is 0 Å². The van der Waals surface area contributed by atoms with Crippen LogP contribution >= 0.6 is 11.3 Å². The van der Waals surface area contributed by atoms with Gasteiger partial charge in [-0.05, 0) is 0 Å². The first-order valence-corrected chi connectivity index (χ1v) is 8.54. The molecule has 2 aromatic rings. The number of nitriles is 1. The van der Waals surface area contributed by atoms with Crippen LogP contribution in [0.1, 0.15) is 0 Å². The van der Waals surface area contributed by atoms with Crippen LogP contribution in [0.3, 0.4) is 0 Å². The lowest BCUT2D eigenvalue weighted by Gasteiger charge is -2.28. The van der Waals surface area contributed by atoms with Gasteiger partial charge in [0.05, 0.1) is 19.2 Å². The number of ether oxygens (including phenoxy) is 1. The van der Waals surface area contributed by atoms with Crippen molar-refractivity contribution in [1.29, 1.82) is 5.26 Å². The highest BCUT2D eigenvalue weighted by Crippen LogP contribution is 2.28. The Kier molecular flexibility index (Phi) is 3.58. The van der Waals surface area contributed by atoms with E-state index in [4.69, 9.17) is 10.00 Å². The fourth-order valence-electron chi connectivity index (χ4n) is 2.22. The number of anilines is 1. The summed E-state index contributed by atoms with van der Waals surface area (Å²) in [5.74, 6) is 0.307. The predicted octanol–water partition coefficient (Wildman–Crippen LogP) is 0.351. The fraction of sp³-hybridized carbons (Fsp3) is 0.455. The van der Waals surface area contributed by atoms with Gasteiger partial charge in [-0.1, -0.05) is 0 Å². The zero-order chi connectivity index (χ0) is 15.0. The van der Waals surface area contributed by atoms with E-state index in [1.807, 2.05) is 6.07 Å².